The summed E-state index contributed by atoms with van der Waals surface area (Å²) >= 11 is 0. The van der Waals surface area contributed by atoms with Gasteiger partial charge < -0.3 is 10.3 Å². The van der Waals surface area contributed by atoms with Gasteiger partial charge in [-0.3, -0.25) is 4.90 Å². The van der Waals surface area contributed by atoms with Crippen LogP contribution in [-0.2, 0) is 6.54 Å². The van der Waals surface area contributed by atoms with E-state index in [1.165, 1.54) is 5.56 Å². The highest BCUT2D eigenvalue weighted by Crippen LogP contribution is 2.21. The van der Waals surface area contributed by atoms with Gasteiger partial charge in [0, 0.05) is 30.8 Å². The molecule has 1 saturated heterocycles. The summed E-state index contributed by atoms with van der Waals surface area (Å²) in [6, 6.07) is 10.6. The highest BCUT2D eigenvalue weighted by atomic mass is 16.5. The summed E-state index contributed by atoms with van der Waals surface area (Å²) in [6.45, 7) is 4.86. The van der Waals surface area contributed by atoms with Crippen molar-refractivity contribution in [2.24, 2.45) is 5.73 Å². The Balaban J connectivity index is 1.71. The van der Waals surface area contributed by atoms with Crippen LogP contribution in [0, 0.1) is 6.92 Å². The smallest absolute Gasteiger partial charge is 0.151 e. The number of hydrogen-bond acceptors (Lipinski definition) is 4. The summed E-state index contributed by atoms with van der Waals surface area (Å²) in [6.07, 6.45) is 1.07. The Morgan fingerprint density at radius 2 is 2.16 bits per heavy atom. The predicted octanol–water partition coefficient (Wildman–Crippen LogP) is 2.18. The highest BCUT2D eigenvalue weighted by Gasteiger charge is 2.20. The van der Waals surface area contributed by atoms with Crippen LogP contribution in [0.1, 0.15) is 17.7 Å². The molecule has 0 unspecified atom stereocenters. The van der Waals surface area contributed by atoms with E-state index in [1.54, 1.807) is 0 Å². The number of rotatable bonds is 3. The Kier molecular flexibility index (Phi) is 3.36. The number of nitrogens with two attached hydrogens (primary N) is 1. The number of aromatic nitrogens is 1. The normalized spacial score (nSPS) is 20.0. The first-order valence-electron chi connectivity index (χ1n) is 6.71. The summed E-state index contributed by atoms with van der Waals surface area (Å²) in [5, 5.41) is 4.14. The van der Waals surface area contributed by atoms with Crippen LogP contribution in [-0.4, -0.2) is 29.2 Å². The van der Waals surface area contributed by atoms with E-state index in [-0.39, 0.29) is 0 Å². The van der Waals surface area contributed by atoms with Crippen LogP contribution in [0.15, 0.2) is 34.9 Å². The van der Waals surface area contributed by atoms with Crippen LogP contribution in [0.4, 0.5) is 0 Å². The molecule has 0 saturated carbocycles. The van der Waals surface area contributed by atoms with Crippen LogP contribution in [0.5, 0.6) is 0 Å². The second kappa shape index (κ2) is 5.15. The topological polar surface area (TPSA) is 55.3 Å². The van der Waals surface area contributed by atoms with Crippen molar-refractivity contribution in [3.05, 3.63) is 41.7 Å². The van der Waals surface area contributed by atoms with Crippen molar-refractivity contribution in [2.45, 2.75) is 25.9 Å². The van der Waals surface area contributed by atoms with E-state index in [0.29, 0.717) is 6.04 Å². The lowest BCUT2D eigenvalue weighted by Crippen LogP contribution is -2.26. The van der Waals surface area contributed by atoms with Crippen LogP contribution >= 0.6 is 0 Å². The maximum atomic E-state index is 5.90. The van der Waals surface area contributed by atoms with Gasteiger partial charge in [-0.15, -0.1) is 0 Å². The number of likely N-dealkylation sites (tertiary alicyclic amines) is 1. The lowest BCUT2D eigenvalue weighted by molar-refractivity contribution is 0.272. The van der Waals surface area contributed by atoms with Crippen molar-refractivity contribution in [1.29, 1.82) is 0 Å². The largest absolute Gasteiger partial charge is 0.359 e. The summed E-state index contributed by atoms with van der Waals surface area (Å²) < 4.78 is 5.41. The Hall–Kier alpha value is -1.65. The Morgan fingerprint density at radius 1 is 1.37 bits per heavy atom. The van der Waals surface area contributed by atoms with E-state index >= 15 is 0 Å². The van der Waals surface area contributed by atoms with Gasteiger partial charge in [0.05, 0.1) is 6.54 Å². The first-order chi connectivity index (χ1) is 9.20. The van der Waals surface area contributed by atoms with Gasteiger partial charge in [-0.25, -0.2) is 0 Å². The molecule has 4 nitrogen and oxygen atoms in total. The first kappa shape index (κ1) is 12.4. The lowest BCUT2D eigenvalue weighted by Gasteiger charge is -2.11. The molecule has 1 aromatic carbocycles. The molecular weight excluding hydrogens is 238 g/mol. The molecule has 1 atom stereocenters. The zero-order chi connectivity index (χ0) is 13.2. The highest BCUT2D eigenvalue weighted by molar-refractivity contribution is 5.59. The van der Waals surface area contributed by atoms with Gasteiger partial charge in [0.25, 0.3) is 0 Å². The van der Waals surface area contributed by atoms with Gasteiger partial charge in [0.1, 0.15) is 5.69 Å². The van der Waals surface area contributed by atoms with E-state index in [0.717, 1.165) is 43.1 Å². The van der Waals surface area contributed by atoms with Gasteiger partial charge in [0.2, 0.25) is 0 Å². The molecule has 3 rings (SSSR count). The average molecular weight is 257 g/mol. The summed E-state index contributed by atoms with van der Waals surface area (Å²) in [7, 11) is 0. The molecule has 1 aromatic heterocycles. The third kappa shape index (κ3) is 2.85. The van der Waals surface area contributed by atoms with E-state index in [1.807, 2.05) is 6.07 Å². The van der Waals surface area contributed by atoms with Gasteiger partial charge >= 0.3 is 0 Å². The Bertz CT molecular complexity index is 547. The van der Waals surface area contributed by atoms with Gasteiger partial charge in [-0.05, 0) is 13.3 Å². The van der Waals surface area contributed by atoms with Gasteiger partial charge in [0.15, 0.2) is 5.76 Å². The third-order valence-electron chi connectivity index (χ3n) is 3.59. The maximum Gasteiger partial charge on any atom is 0.151 e. The molecule has 4 heteroatoms. The molecule has 0 aliphatic carbocycles. The first-order valence-corrected chi connectivity index (χ1v) is 6.71. The Morgan fingerprint density at radius 3 is 2.84 bits per heavy atom. The van der Waals surface area contributed by atoms with E-state index in [4.69, 9.17) is 10.3 Å². The molecule has 100 valence electrons. The Labute approximate surface area is 113 Å². The molecule has 0 spiro atoms. The second-order valence-corrected chi connectivity index (χ2v) is 5.33. The predicted molar refractivity (Wildman–Crippen MR) is 74.5 cm³/mol. The van der Waals surface area contributed by atoms with Crippen molar-refractivity contribution in [2.75, 3.05) is 13.1 Å². The van der Waals surface area contributed by atoms with E-state index in [9.17, 15) is 0 Å². The monoisotopic (exact) mass is 257 g/mol. The standard InChI is InChI=1S/C15H19N3O/c1-11-2-4-12(5-3-11)15-8-14(19-17-15)10-18-7-6-13(16)9-18/h2-5,8,13H,6-7,9-10,16H2,1H3/t13-/m1/s1. The van der Waals surface area contributed by atoms with Crippen molar-refractivity contribution >= 4 is 0 Å². The SMILES string of the molecule is Cc1ccc(-c2cc(CN3CC[C@@H](N)C3)on2)cc1. The number of aryl methyl sites for hydroxylation is 1. The zero-order valence-electron chi connectivity index (χ0n) is 11.2. The second-order valence-electron chi connectivity index (χ2n) is 5.33. The molecule has 1 aliphatic rings. The van der Waals surface area contributed by atoms with Crippen LogP contribution in [0.3, 0.4) is 0 Å². The van der Waals surface area contributed by atoms with Gasteiger partial charge in [-0.1, -0.05) is 35.0 Å². The number of nitrogens with zero attached hydrogens (tertiary/aromatic N) is 2. The van der Waals surface area contributed by atoms with Crippen molar-refractivity contribution < 1.29 is 4.52 Å². The molecule has 2 heterocycles. The fraction of sp³-hybridized carbons (Fsp3) is 0.400. The number of benzene rings is 1. The quantitative estimate of drug-likeness (QED) is 0.915. The fourth-order valence-electron chi connectivity index (χ4n) is 2.47. The maximum absolute atomic E-state index is 5.90. The van der Waals surface area contributed by atoms with Crippen molar-refractivity contribution in [1.82, 2.24) is 10.1 Å². The van der Waals surface area contributed by atoms with Crippen LogP contribution in [0.25, 0.3) is 11.3 Å². The summed E-state index contributed by atoms with van der Waals surface area (Å²) in [5.41, 5.74) is 9.15. The van der Waals surface area contributed by atoms with Gasteiger partial charge in [-0.2, -0.15) is 0 Å². The van der Waals surface area contributed by atoms with E-state index < -0.39 is 0 Å². The van der Waals surface area contributed by atoms with Crippen molar-refractivity contribution in [3.63, 3.8) is 0 Å². The number of hydrogen-bond donors (Lipinski definition) is 1. The zero-order valence-corrected chi connectivity index (χ0v) is 11.2. The molecule has 0 bridgehead atoms. The fourth-order valence-corrected chi connectivity index (χ4v) is 2.47. The van der Waals surface area contributed by atoms with Crippen LogP contribution < -0.4 is 5.73 Å². The molecular formula is C15H19N3O. The minimum absolute atomic E-state index is 0.305. The van der Waals surface area contributed by atoms with Crippen LogP contribution in [0.2, 0.25) is 0 Å². The lowest BCUT2D eigenvalue weighted by atomic mass is 10.1. The molecule has 0 radical (unpaired) electrons. The summed E-state index contributed by atoms with van der Waals surface area (Å²) in [4.78, 5) is 2.31. The minimum Gasteiger partial charge on any atom is -0.359 e. The van der Waals surface area contributed by atoms with E-state index in [2.05, 4.69) is 41.2 Å². The summed E-state index contributed by atoms with van der Waals surface area (Å²) in [5.74, 6) is 0.907. The van der Waals surface area contributed by atoms with Crippen molar-refractivity contribution in [3.8, 4) is 11.3 Å². The molecule has 1 fully saturated rings. The molecule has 19 heavy (non-hydrogen) atoms. The molecule has 2 aromatic rings. The molecule has 0 amide bonds. The average Bonchev–Trinajstić information content (AvgIpc) is 3.00. The molecule has 1 aliphatic heterocycles. The minimum atomic E-state index is 0.305. The third-order valence-corrected chi connectivity index (χ3v) is 3.59. The molecule has 2 N–H and O–H groups in total.